The van der Waals surface area contributed by atoms with Crippen LogP contribution < -0.4 is 11.4 Å². The molecule has 4 N–H and O–H groups in total. The zero-order valence-corrected chi connectivity index (χ0v) is 10.9. The number of aliphatic hydroxyl groups is 1. The number of ether oxygens (including phenoxy) is 1. The molecule has 0 aromatic carbocycles. The van der Waals surface area contributed by atoms with Gasteiger partial charge in [-0.1, -0.05) is 0 Å². The second-order valence-corrected chi connectivity index (χ2v) is 5.76. The van der Waals surface area contributed by atoms with Gasteiger partial charge in [0.15, 0.2) is 6.23 Å². The zero-order chi connectivity index (χ0) is 14.5. The summed E-state index contributed by atoms with van der Waals surface area (Å²) in [5, 5.41) is 9.21. The molecule has 2 aliphatic heterocycles. The maximum atomic E-state index is 11.8. The number of nitrogen functional groups attached to an aromatic ring is 1. The van der Waals surface area contributed by atoms with Crippen LogP contribution in [-0.2, 0) is 18.3 Å². The lowest BCUT2D eigenvalue weighted by Gasteiger charge is -2.18. The highest BCUT2D eigenvalue weighted by atomic mass is 31.2. The summed E-state index contributed by atoms with van der Waals surface area (Å²) in [7, 11) is -4.21. The number of rotatable bonds is 2. The van der Waals surface area contributed by atoms with Crippen molar-refractivity contribution in [1.82, 2.24) is 9.55 Å². The normalized spacial score (nSPS) is 39.9. The molecule has 0 bridgehead atoms. The Morgan fingerprint density at radius 3 is 2.80 bits per heavy atom. The van der Waals surface area contributed by atoms with Gasteiger partial charge < -0.3 is 20.5 Å². The van der Waals surface area contributed by atoms with Crippen molar-refractivity contribution in [3.63, 3.8) is 0 Å². The highest BCUT2D eigenvalue weighted by Gasteiger charge is 2.57. The minimum atomic E-state index is -4.21. The molecule has 0 amide bonds. The highest BCUT2D eigenvalue weighted by Crippen LogP contribution is 2.58. The number of hydrogen-bond acceptors (Lipinski definition) is 8. The topological polar surface area (TPSA) is 146 Å². The predicted octanol–water partition coefficient (Wildman–Crippen LogP) is -1.40. The molecular formula is C9H12N3O7P. The summed E-state index contributed by atoms with van der Waals surface area (Å²) < 4.78 is 27.7. The summed E-state index contributed by atoms with van der Waals surface area (Å²) >= 11 is 0. The van der Waals surface area contributed by atoms with E-state index in [0.29, 0.717) is 0 Å². The molecule has 2 aliphatic rings. The zero-order valence-electron chi connectivity index (χ0n) is 10.0. The van der Waals surface area contributed by atoms with Crippen molar-refractivity contribution in [2.45, 2.75) is 24.5 Å². The van der Waals surface area contributed by atoms with Gasteiger partial charge in [0.2, 0.25) is 0 Å². The minimum Gasteiger partial charge on any atom is -0.394 e. The summed E-state index contributed by atoms with van der Waals surface area (Å²) in [5.74, 6) is 0.0379. The van der Waals surface area contributed by atoms with E-state index in [1.165, 1.54) is 12.3 Å². The van der Waals surface area contributed by atoms with Crippen LogP contribution in [0.4, 0.5) is 5.82 Å². The monoisotopic (exact) mass is 305 g/mol. The number of nitrogens with two attached hydrogens (primary N) is 1. The second kappa shape index (κ2) is 4.62. The van der Waals surface area contributed by atoms with Gasteiger partial charge >= 0.3 is 13.5 Å². The summed E-state index contributed by atoms with van der Waals surface area (Å²) in [5.41, 5.74) is 4.69. The van der Waals surface area contributed by atoms with Crippen LogP contribution in [0.25, 0.3) is 0 Å². The molecule has 10 nitrogen and oxygen atoms in total. The molecule has 20 heavy (non-hydrogen) atoms. The molecule has 11 heteroatoms. The van der Waals surface area contributed by atoms with Crippen molar-refractivity contribution in [3.05, 3.63) is 22.7 Å². The van der Waals surface area contributed by atoms with E-state index in [4.69, 9.17) is 19.5 Å². The Labute approximate surface area is 112 Å². The van der Waals surface area contributed by atoms with Crippen LogP contribution in [0.15, 0.2) is 17.1 Å². The standard InChI is InChI=1S/C9H12N3O7P/c10-5-1-2-12(9(14)11-5)8-7-6(4(3-13)17-8)18-20(15,16)19-7/h1-2,4,6-8,13H,3H2,(H,15,16)(H2,10,11,14)/t4-,6-,7-,8-/m1/s1. The van der Waals surface area contributed by atoms with E-state index in [0.717, 1.165) is 4.57 Å². The van der Waals surface area contributed by atoms with Crippen molar-refractivity contribution in [2.24, 2.45) is 0 Å². The minimum absolute atomic E-state index is 0.0379. The van der Waals surface area contributed by atoms with Gasteiger partial charge in [0.25, 0.3) is 0 Å². The lowest BCUT2D eigenvalue weighted by molar-refractivity contribution is -0.0624. The third-order valence-electron chi connectivity index (χ3n) is 3.10. The smallest absolute Gasteiger partial charge is 0.394 e. The van der Waals surface area contributed by atoms with Crippen LogP contribution in [0.1, 0.15) is 6.23 Å². The number of aliphatic hydroxyl groups excluding tert-OH is 1. The number of phosphoric acid groups is 1. The van der Waals surface area contributed by atoms with Crippen molar-refractivity contribution in [1.29, 1.82) is 0 Å². The first-order chi connectivity index (χ1) is 9.41. The Morgan fingerprint density at radius 2 is 2.15 bits per heavy atom. The first-order valence-electron chi connectivity index (χ1n) is 5.72. The predicted molar refractivity (Wildman–Crippen MR) is 63.5 cm³/mol. The Hall–Kier alpha value is -1.29. The molecule has 0 saturated carbocycles. The first-order valence-corrected chi connectivity index (χ1v) is 7.21. The number of nitrogens with zero attached hydrogens (tertiary/aromatic N) is 2. The van der Waals surface area contributed by atoms with Crippen LogP contribution >= 0.6 is 7.82 Å². The molecule has 110 valence electrons. The van der Waals surface area contributed by atoms with Gasteiger partial charge in [-0.15, -0.1) is 0 Å². The van der Waals surface area contributed by atoms with Gasteiger partial charge in [0.1, 0.15) is 24.1 Å². The number of fused-ring (bicyclic) bond motifs is 1. The van der Waals surface area contributed by atoms with E-state index in [1.807, 2.05) is 0 Å². The van der Waals surface area contributed by atoms with Gasteiger partial charge in [0.05, 0.1) is 6.61 Å². The fraction of sp³-hybridized carbons (Fsp3) is 0.556. The molecule has 1 aromatic rings. The lowest BCUT2D eigenvalue weighted by atomic mass is 10.1. The molecule has 2 fully saturated rings. The maximum absolute atomic E-state index is 11.8. The Balaban J connectivity index is 1.98. The van der Waals surface area contributed by atoms with Crippen LogP contribution in [0, 0.1) is 0 Å². The Bertz CT molecular complexity index is 634. The molecule has 0 radical (unpaired) electrons. The third-order valence-corrected chi connectivity index (χ3v) is 4.12. The molecule has 3 heterocycles. The van der Waals surface area contributed by atoms with Crippen LogP contribution in [0.3, 0.4) is 0 Å². The number of hydrogen-bond donors (Lipinski definition) is 3. The fourth-order valence-electron chi connectivity index (χ4n) is 2.27. The van der Waals surface area contributed by atoms with Crippen LogP contribution in [0.5, 0.6) is 0 Å². The average Bonchev–Trinajstić information content (AvgIpc) is 2.83. The quantitative estimate of drug-likeness (QED) is 0.561. The van der Waals surface area contributed by atoms with Crippen molar-refractivity contribution in [3.8, 4) is 0 Å². The molecule has 1 aromatic heterocycles. The van der Waals surface area contributed by atoms with Gasteiger partial charge in [-0.05, 0) is 6.07 Å². The summed E-state index contributed by atoms with van der Waals surface area (Å²) in [6.45, 7) is -0.446. The molecule has 0 spiro atoms. The van der Waals surface area contributed by atoms with E-state index in [9.17, 15) is 19.4 Å². The molecular weight excluding hydrogens is 293 g/mol. The van der Waals surface area contributed by atoms with E-state index in [-0.39, 0.29) is 5.82 Å². The van der Waals surface area contributed by atoms with Crippen molar-refractivity contribution < 1.29 is 28.3 Å². The van der Waals surface area contributed by atoms with Gasteiger partial charge in [-0.3, -0.25) is 13.6 Å². The second-order valence-electron chi connectivity index (χ2n) is 4.40. The van der Waals surface area contributed by atoms with Crippen LogP contribution in [0.2, 0.25) is 0 Å². The maximum Gasteiger partial charge on any atom is 0.473 e. The van der Waals surface area contributed by atoms with Gasteiger partial charge in [-0.2, -0.15) is 4.98 Å². The molecule has 1 unspecified atom stereocenters. The average molecular weight is 305 g/mol. The highest BCUT2D eigenvalue weighted by molar-refractivity contribution is 7.47. The van der Waals surface area contributed by atoms with E-state index >= 15 is 0 Å². The molecule has 3 rings (SSSR count). The third kappa shape index (κ3) is 2.16. The number of phosphoric ester groups is 1. The van der Waals surface area contributed by atoms with E-state index < -0.39 is 44.7 Å². The van der Waals surface area contributed by atoms with E-state index in [1.54, 1.807) is 0 Å². The Morgan fingerprint density at radius 1 is 1.45 bits per heavy atom. The first kappa shape index (κ1) is 13.7. The number of anilines is 1. The Kier molecular flexibility index (Phi) is 3.16. The van der Waals surface area contributed by atoms with Gasteiger partial charge in [0, 0.05) is 6.20 Å². The largest absolute Gasteiger partial charge is 0.473 e. The summed E-state index contributed by atoms with van der Waals surface area (Å²) in [6, 6.07) is 1.38. The SMILES string of the molecule is Nc1ccn([C@@H]2O[C@H](CO)[C@H]3OP(=O)(O)O[C@H]32)c(=O)n1. The van der Waals surface area contributed by atoms with E-state index in [2.05, 4.69) is 4.98 Å². The fourth-order valence-corrected chi connectivity index (χ4v) is 3.42. The van der Waals surface area contributed by atoms with Crippen LogP contribution in [-0.4, -0.2) is 44.5 Å². The summed E-state index contributed by atoms with van der Waals surface area (Å²) in [4.78, 5) is 24.7. The molecule has 5 atom stereocenters. The summed E-state index contributed by atoms with van der Waals surface area (Å²) in [6.07, 6.45) is -2.51. The number of aromatic nitrogens is 2. The lowest BCUT2D eigenvalue weighted by Crippen LogP contribution is -2.34. The molecule has 0 aliphatic carbocycles. The molecule has 2 saturated heterocycles. The van der Waals surface area contributed by atoms with Gasteiger partial charge in [-0.25, -0.2) is 9.36 Å². The van der Waals surface area contributed by atoms with Crippen molar-refractivity contribution in [2.75, 3.05) is 12.3 Å². The van der Waals surface area contributed by atoms with Crippen molar-refractivity contribution >= 4 is 13.6 Å².